The van der Waals surface area contributed by atoms with Crippen LogP contribution in [0.15, 0.2) is 28.7 Å². The van der Waals surface area contributed by atoms with Crippen LogP contribution >= 0.6 is 15.9 Å². The van der Waals surface area contributed by atoms with E-state index < -0.39 is 6.10 Å². The highest BCUT2D eigenvalue weighted by atomic mass is 79.9. The molecule has 0 aliphatic rings. The predicted molar refractivity (Wildman–Crippen MR) is 52.8 cm³/mol. The summed E-state index contributed by atoms with van der Waals surface area (Å²) in [6.45, 7) is 1.69. The van der Waals surface area contributed by atoms with Crippen molar-refractivity contribution in [3.05, 3.63) is 34.3 Å². The third kappa shape index (κ3) is 2.30. The minimum atomic E-state index is -0.508. The van der Waals surface area contributed by atoms with E-state index in [1.165, 1.54) is 0 Å². The Morgan fingerprint density at radius 3 is 2.25 bits per heavy atom. The highest BCUT2D eigenvalue weighted by Gasteiger charge is 2.10. The molecular formula is C9H12BrNO. The van der Waals surface area contributed by atoms with Gasteiger partial charge < -0.3 is 10.8 Å². The van der Waals surface area contributed by atoms with Crippen molar-refractivity contribution < 1.29 is 5.11 Å². The predicted octanol–water partition coefficient (Wildman–Crippen LogP) is 1.83. The van der Waals surface area contributed by atoms with E-state index in [1.54, 1.807) is 6.92 Å². The monoisotopic (exact) mass is 229 g/mol. The maximum absolute atomic E-state index is 9.21. The van der Waals surface area contributed by atoms with Gasteiger partial charge in [0.15, 0.2) is 0 Å². The van der Waals surface area contributed by atoms with Gasteiger partial charge in [-0.1, -0.05) is 28.1 Å². The summed E-state index contributed by atoms with van der Waals surface area (Å²) in [4.78, 5) is 0. The molecule has 0 saturated carbocycles. The molecule has 3 N–H and O–H groups in total. The van der Waals surface area contributed by atoms with Crippen molar-refractivity contribution in [3.63, 3.8) is 0 Å². The van der Waals surface area contributed by atoms with Gasteiger partial charge in [0.1, 0.15) is 0 Å². The summed E-state index contributed by atoms with van der Waals surface area (Å²) in [5, 5.41) is 9.21. The molecule has 2 nitrogen and oxygen atoms in total. The van der Waals surface area contributed by atoms with Crippen molar-refractivity contribution in [1.29, 1.82) is 0 Å². The Bertz CT molecular complexity index is 245. The number of rotatable bonds is 2. The maximum atomic E-state index is 9.21. The van der Waals surface area contributed by atoms with Gasteiger partial charge in [-0.15, -0.1) is 0 Å². The van der Waals surface area contributed by atoms with Gasteiger partial charge in [0.05, 0.1) is 12.1 Å². The van der Waals surface area contributed by atoms with E-state index in [9.17, 15) is 5.11 Å². The molecule has 1 aromatic carbocycles. The Labute approximate surface area is 80.5 Å². The Hall–Kier alpha value is -0.380. The summed E-state index contributed by atoms with van der Waals surface area (Å²) >= 11 is 3.33. The topological polar surface area (TPSA) is 46.2 Å². The van der Waals surface area contributed by atoms with Crippen molar-refractivity contribution in [2.24, 2.45) is 5.73 Å². The van der Waals surface area contributed by atoms with E-state index in [2.05, 4.69) is 15.9 Å². The minimum Gasteiger partial charge on any atom is -0.391 e. The van der Waals surface area contributed by atoms with Crippen LogP contribution in [-0.2, 0) is 0 Å². The Morgan fingerprint density at radius 2 is 1.83 bits per heavy atom. The molecule has 66 valence electrons. The number of hydrogen-bond acceptors (Lipinski definition) is 2. The minimum absolute atomic E-state index is 0.293. The summed E-state index contributed by atoms with van der Waals surface area (Å²) in [7, 11) is 0. The van der Waals surface area contributed by atoms with Crippen LogP contribution in [0, 0.1) is 0 Å². The van der Waals surface area contributed by atoms with Gasteiger partial charge in [0.25, 0.3) is 0 Å². The molecule has 3 heteroatoms. The van der Waals surface area contributed by atoms with E-state index in [0.717, 1.165) is 10.0 Å². The normalized spacial score (nSPS) is 15.7. The third-order valence-electron chi connectivity index (χ3n) is 1.77. The molecular weight excluding hydrogens is 218 g/mol. The second-order valence-electron chi connectivity index (χ2n) is 2.82. The first kappa shape index (κ1) is 9.71. The van der Waals surface area contributed by atoms with Crippen LogP contribution in [0.3, 0.4) is 0 Å². The quantitative estimate of drug-likeness (QED) is 0.814. The van der Waals surface area contributed by atoms with Gasteiger partial charge in [-0.3, -0.25) is 0 Å². The van der Waals surface area contributed by atoms with E-state index in [4.69, 9.17) is 5.73 Å². The molecule has 0 spiro atoms. The first-order valence-corrected chi connectivity index (χ1v) is 4.59. The zero-order valence-electron chi connectivity index (χ0n) is 6.87. The molecule has 2 atom stereocenters. The molecule has 1 aromatic rings. The van der Waals surface area contributed by atoms with Crippen LogP contribution in [0.5, 0.6) is 0 Å². The Balaban J connectivity index is 2.82. The van der Waals surface area contributed by atoms with Gasteiger partial charge >= 0.3 is 0 Å². The van der Waals surface area contributed by atoms with Crippen LogP contribution in [0.4, 0.5) is 0 Å². The summed E-state index contributed by atoms with van der Waals surface area (Å²) in [5.41, 5.74) is 6.67. The summed E-state index contributed by atoms with van der Waals surface area (Å²) in [6.07, 6.45) is -0.508. The Morgan fingerprint density at radius 1 is 1.33 bits per heavy atom. The molecule has 0 saturated heterocycles. The fourth-order valence-electron chi connectivity index (χ4n) is 0.964. The first-order valence-electron chi connectivity index (χ1n) is 3.80. The van der Waals surface area contributed by atoms with Gasteiger partial charge in [0, 0.05) is 4.47 Å². The first-order chi connectivity index (χ1) is 5.61. The molecule has 0 aliphatic heterocycles. The fraction of sp³-hybridized carbons (Fsp3) is 0.333. The smallest absolute Gasteiger partial charge is 0.0704 e. The summed E-state index contributed by atoms with van der Waals surface area (Å²) in [5.74, 6) is 0. The molecule has 0 aliphatic carbocycles. The van der Waals surface area contributed by atoms with Crippen molar-refractivity contribution in [1.82, 2.24) is 0 Å². The van der Waals surface area contributed by atoms with Crippen LogP contribution in [0.1, 0.15) is 18.5 Å². The van der Waals surface area contributed by atoms with E-state index >= 15 is 0 Å². The number of hydrogen-bond donors (Lipinski definition) is 2. The van der Waals surface area contributed by atoms with Gasteiger partial charge in [-0.2, -0.15) is 0 Å². The number of benzene rings is 1. The maximum Gasteiger partial charge on any atom is 0.0704 e. The van der Waals surface area contributed by atoms with Crippen LogP contribution < -0.4 is 5.73 Å². The summed E-state index contributed by atoms with van der Waals surface area (Å²) in [6, 6.07) is 7.34. The SMILES string of the molecule is C[C@@H](O)[C@@H](N)c1ccc(Br)cc1. The number of aliphatic hydroxyl groups is 1. The Kier molecular flexibility index (Phi) is 3.26. The molecule has 12 heavy (non-hydrogen) atoms. The van der Waals surface area contributed by atoms with Gasteiger partial charge in [-0.25, -0.2) is 0 Å². The highest BCUT2D eigenvalue weighted by Crippen LogP contribution is 2.17. The van der Waals surface area contributed by atoms with Crippen molar-refractivity contribution in [2.45, 2.75) is 19.1 Å². The highest BCUT2D eigenvalue weighted by molar-refractivity contribution is 9.10. The number of aliphatic hydroxyl groups excluding tert-OH is 1. The lowest BCUT2D eigenvalue weighted by molar-refractivity contribution is 0.164. The fourth-order valence-corrected chi connectivity index (χ4v) is 1.23. The zero-order chi connectivity index (χ0) is 9.14. The molecule has 0 bridgehead atoms. The largest absolute Gasteiger partial charge is 0.391 e. The molecule has 0 unspecified atom stereocenters. The summed E-state index contributed by atoms with van der Waals surface area (Å²) < 4.78 is 1.02. The lowest BCUT2D eigenvalue weighted by atomic mass is 10.0. The third-order valence-corrected chi connectivity index (χ3v) is 2.30. The van der Waals surface area contributed by atoms with Crippen LogP contribution in [0.25, 0.3) is 0 Å². The van der Waals surface area contributed by atoms with Crippen LogP contribution in [0.2, 0.25) is 0 Å². The van der Waals surface area contributed by atoms with Crippen LogP contribution in [-0.4, -0.2) is 11.2 Å². The molecule has 1 rings (SSSR count). The van der Waals surface area contributed by atoms with Gasteiger partial charge in [0.2, 0.25) is 0 Å². The average Bonchev–Trinajstić information content (AvgIpc) is 2.04. The van der Waals surface area contributed by atoms with E-state index in [1.807, 2.05) is 24.3 Å². The average molecular weight is 230 g/mol. The second-order valence-corrected chi connectivity index (χ2v) is 3.73. The van der Waals surface area contributed by atoms with Gasteiger partial charge in [-0.05, 0) is 24.6 Å². The van der Waals surface area contributed by atoms with E-state index in [0.29, 0.717) is 0 Å². The second kappa shape index (κ2) is 4.03. The van der Waals surface area contributed by atoms with Crippen molar-refractivity contribution >= 4 is 15.9 Å². The number of nitrogens with two attached hydrogens (primary N) is 1. The molecule has 0 heterocycles. The molecule has 0 fully saturated rings. The lowest BCUT2D eigenvalue weighted by Gasteiger charge is -2.14. The molecule has 0 radical (unpaired) electrons. The standard InChI is InChI=1S/C9H12BrNO/c1-6(12)9(11)7-2-4-8(10)5-3-7/h2-6,9,12H,11H2,1H3/t6-,9-/m1/s1. The zero-order valence-corrected chi connectivity index (χ0v) is 8.45. The van der Waals surface area contributed by atoms with Crippen molar-refractivity contribution in [2.75, 3.05) is 0 Å². The molecule has 0 amide bonds. The molecule has 0 aromatic heterocycles. The van der Waals surface area contributed by atoms with E-state index in [-0.39, 0.29) is 6.04 Å². The van der Waals surface area contributed by atoms with Crippen molar-refractivity contribution in [3.8, 4) is 0 Å². The lowest BCUT2D eigenvalue weighted by Crippen LogP contribution is -2.22. The number of halogens is 1.